The van der Waals surface area contributed by atoms with Crippen molar-refractivity contribution in [3.8, 4) is 0 Å². The van der Waals surface area contributed by atoms with Crippen LogP contribution in [0.4, 0.5) is 11.4 Å². The molecule has 0 fully saturated rings. The van der Waals surface area contributed by atoms with Crippen LogP contribution in [0.1, 0.15) is 37.9 Å². The van der Waals surface area contributed by atoms with Crippen molar-refractivity contribution < 1.29 is 14.4 Å². The molecule has 3 aromatic carbocycles. The third-order valence-electron chi connectivity index (χ3n) is 6.77. The fourth-order valence-corrected chi connectivity index (χ4v) is 4.88. The van der Waals surface area contributed by atoms with E-state index >= 15 is 0 Å². The number of imide groups is 1. The maximum Gasteiger partial charge on any atom is 0.262 e. The molecule has 2 aliphatic heterocycles. The van der Waals surface area contributed by atoms with Gasteiger partial charge in [0.05, 0.1) is 17.2 Å². The standard InChI is InChI=1S/C28H28N4O3/c1-30(2)21-13-11-20(12-14-21)25(31-16-15-19-7-3-6-10-24(19)31)17-29-26(33)18-32-27(34)22-8-4-5-9-23(22)28(32)35/h3-14,25H,15-18H2,1-2H3,(H,29,33). The fourth-order valence-electron chi connectivity index (χ4n) is 4.88. The number of hydrogen-bond donors (Lipinski definition) is 1. The Hall–Kier alpha value is -4.13. The van der Waals surface area contributed by atoms with E-state index in [2.05, 4.69) is 46.6 Å². The van der Waals surface area contributed by atoms with Crippen LogP contribution in [0.25, 0.3) is 0 Å². The average molecular weight is 469 g/mol. The second kappa shape index (κ2) is 9.25. The molecule has 0 spiro atoms. The molecule has 0 aromatic heterocycles. The van der Waals surface area contributed by atoms with Crippen LogP contribution in [0.2, 0.25) is 0 Å². The molecule has 2 aliphatic rings. The topological polar surface area (TPSA) is 73.0 Å². The van der Waals surface area contributed by atoms with Gasteiger partial charge in [-0.15, -0.1) is 0 Å². The number of rotatable bonds is 7. The van der Waals surface area contributed by atoms with E-state index < -0.39 is 11.8 Å². The van der Waals surface area contributed by atoms with Gasteiger partial charge in [0.15, 0.2) is 0 Å². The van der Waals surface area contributed by atoms with Crippen LogP contribution in [-0.4, -0.2) is 56.4 Å². The van der Waals surface area contributed by atoms with Crippen LogP contribution in [-0.2, 0) is 11.2 Å². The Morgan fingerprint density at radius 1 is 0.914 bits per heavy atom. The first kappa shape index (κ1) is 22.7. The number of anilines is 2. The zero-order chi connectivity index (χ0) is 24.5. The van der Waals surface area contributed by atoms with Gasteiger partial charge in [-0.1, -0.05) is 42.5 Å². The first-order valence-corrected chi connectivity index (χ1v) is 11.8. The third kappa shape index (κ3) is 4.25. The zero-order valence-electron chi connectivity index (χ0n) is 19.9. The van der Waals surface area contributed by atoms with E-state index in [1.54, 1.807) is 24.3 Å². The summed E-state index contributed by atoms with van der Waals surface area (Å²) in [5.74, 6) is -1.21. The molecule has 7 nitrogen and oxygen atoms in total. The average Bonchev–Trinajstić information content (AvgIpc) is 3.40. The quantitative estimate of drug-likeness (QED) is 0.539. The molecule has 3 aromatic rings. The maximum atomic E-state index is 12.9. The van der Waals surface area contributed by atoms with E-state index in [9.17, 15) is 14.4 Å². The van der Waals surface area contributed by atoms with Crippen LogP contribution in [0, 0.1) is 0 Å². The Morgan fingerprint density at radius 3 is 2.20 bits per heavy atom. The highest BCUT2D eigenvalue weighted by atomic mass is 16.2. The molecule has 3 amide bonds. The minimum atomic E-state index is -0.426. The first-order valence-electron chi connectivity index (χ1n) is 11.8. The van der Waals surface area contributed by atoms with Gasteiger partial charge in [-0.05, 0) is 47.9 Å². The van der Waals surface area contributed by atoms with E-state index in [-0.39, 0.29) is 18.5 Å². The SMILES string of the molecule is CN(C)c1ccc(C(CNC(=O)CN2C(=O)c3ccccc3C2=O)N2CCc3ccccc32)cc1. The van der Waals surface area contributed by atoms with E-state index in [0.717, 1.165) is 29.1 Å². The number of nitrogens with zero attached hydrogens (tertiary/aromatic N) is 3. The van der Waals surface area contributed by atoms with Crippen molar-refractivity contribution in [2.45, 2.75) is 12.5 Å². The summed E-state index contributed by atoms with van der Waals surface area (Å²) in [6, 6.07) is 23.3. The van der Waals surface area contributed by atoms with Gasteiger partial charge in [-0.3, -0.25) is 19.3 Å². The molecule has 2 heterocycles. The molecule has 1 N–H and O–H groups in total. The number of benzene rings is 3. The van der Waals surface area contributed by atoms with Crippen LogP contribution in [0.15, 0.2) is 72.8 Å². The molecule has 7 heteroatoms. The van der Waals surface area contributed by atoms with Gasteiger partial charge < -0.3 is 15.1 Å². The van der Waals surface area contributed by atoms with E-state index in [4.69, 9.17) is 0 Å². The van der Waals surface area contributed by atoms with Crippen LogP contribution >= 0.6 is 0 Å². The molecule has 178 valence electrons. The van der Waals surface area contributed by atoms with Crippen molar-refractivity contribution in [3.63, 3.8) is 0 Å². The van der Waals surface area contributed by atoms with Crippen molar-refractivity contribution in [2.75, 3.05) is 43.5 Å². The smallest absolute Gasteiger partial charge is 0.262 e. The lowest BCUT2D eigenvalue weighted by molar-refractivity contribution is -0.121. The van der Waals surface area contributed by atoms with Crippen LogP contribution < -0.4 is 15.1 Å². The van der Waals surface area contributed by atoms with Crippen LogP contribution in [0.3, 0.4) is 0 Å². The van der Waals surface area contributed by atoms with Gasteiger partial charge in [-0.25, -0.2) is 0 Å². The van der Waals surface area contributed by atoms with Crippen molar-refractivity contribution in [2.24, 2.45) is 0 Å². The lowest BCUT2D eigenvalue weighted by atomic mass is 10.0. The molecule has 5 rings (SSSR count). The summed E-state index contributed by atoms with van der Waals surface area (Å²) in [6.45, 7) is 0.917. The number of hydrogen-bond acceptors (Lipinski definition) is 5. The Kier molecular flexibility index (Phi) is 5.99. The minimum Gasteiger partial charge on any atom is -0.378 e. The van der Waals surface area contributed by atoms with Crippen LogP contribution in [0.5, 0.6) is 0 Å². The van der Waals surface area contributed by atoms with Crippen molar-refractivity contribution >= 4 is 29.1 Å². The monoisotopic (exact) mass is 468 g/mol. The summed E-state index contributed by atoms with van der Waals surface area (Å²) in [6.07, 6.45) is 0.950. The molecule has 0 saturated carbocycles. The molecule has 0 aliphatic carbocycles. The molecule has 1 atom stereocenters. The van der Waals surface area contributed by atoms with Gasteiger partial charge in [0, 0.05) is 38.6 Å². The fraction of sp³-hybridized carbons (Fsp3) is 0.250. The number of nitrogens with one attached hydrogen (secondary N) is 1. The Labute approximate surface area is 204 Å². The Bertz CT molecular complexity index is 1250. The second-order valence-electron chi connectivity index (χ2n) is 9.12. The van der Waals surface area contributed by atoms with Crippen molar-refractivity contribution in [1.82, 2.24) is 10.2 Å². The summed E-state index contributed by atoms with van der Waals surface area (Å²) in [4.78, 5) is 43.6. The van der Waals surface area contributed by atoms with Gasteiger partial charge in [0.1, 0.15) is 6.54 Å². The highest BCUT2D eigenvalue weighted by Crippen LogP contribution is 2.35. The number of fused-ring (bicyclic) bond motifs is 2. The lowest BCUT2D eigenvalue weighted by Crippen LogP contribution is -2.43. The summed E-state index contributed by atoms with van der Waals surface area (Å²) in [5.41, 5.74) is 5.34. The van der Waals surface area contributed by atoms with Gasteiger partial charge >= 0.3 is 0 Å². The van der Waals surface area contributed by atoms with E-state index in [1.807, 2.05) is 31.1 Å². The predicted octanol–water partition coefficient (Wildman–Crippen LogP) is 3.27. The Balaban J connectivity index is 1.33. The number of para-hydroxylation sites is 1. The lowest BCUT2D eigenvalue weighted by Gasteiger charge is -2.31. The normalized spacial score (nSPS) is 15.1. The highest BCUT2D eigenvalue weighted by Gasteiger charge is 2.36. The first-order chi connectivity index (χ1) is 16.9. The molecular formula is C28H28N4O3. The maximum absolute atomic E-state index is 12.9. The summed E-state index contributed by atoms with van der Waals surface area (Å²) in [7, 11) is 4.01. The van der Waals surface area contributed by atoms with Crippen molar-refractivity contribution in [1.29, 1.82) is 0 Å². The number of amides is 3. The van der Waals surface area contributed by atoms with E-state index in [0.29, 0.717) is 17.7 Å². The summed E-state index contributed by atoms with van der Waals surface area (Å²) >= 11 is 0. The Morgan fingerprint density at radius 2 is 1.54 bits per heavy atom. The second-order valence-corrected chi connectivity index (χ2v) is 9.12. The molecular weight excluding hydrogens is 440 g/mol. The van der Waals surface area contributed by atoms with E-state index in [1.165, 1.54) is 11.3 Å². The highest BCUT2D eigenvalue weighted by molar-refractivity contribution is 6.22. The predicted molar refractivity (Wildman–Crippen MR) is 136 cm³/mol. The summed E-state index contributed by atoms with van der Waals surface area (Å²) < 4.78 is 0. The number of carbonyl (C=O) groups is 3. The molecule has 1 unspecified atom stereocenters. The van der Waals surface area contributed by atoms with Gasteiger partial charge in [0.25, 0.3) is 11.8 Å². The number of carbonyl (C=O) groups excluding carboxylic acids is 3. The van der Waals surface area contributed by atoms with Gasteiger partial charge in [-0.2, -0.15) is 0 Å². The minimum absolute atomic E-state index is 0.0824. The third-order valence-corrected chi connectivity index (χ3v) is 6.77. The van der Waals surface area contributed by atoms with Gasteiger partial charge in [0.2, 0.25) is 5.91 Å². The largest absolute Gasteiger partial charge is 0.378 e. The molecule has 0 bridgehead atoms. The molecule has 35 heavy (non-hydrogen) atoms. The molecule has 0 saturated heterocycles. The zero-order valence-corrected chi connectivity index (χ0v) is 19.9. The molecule has 0 radical (unpaired) electrons. The van der Waals surface area contributed by atoms with Crippen molar-refractivity contribution in [3.05, 3.63) is 95.1 Å². The summed E-state index contributed by atoms with van der Waals surface area (Å²) in [5, 5.41) is 2.98.